The van der Waals surface area contributed by atoms with E-state index in [1.54, 1.807) is 26.0 Å². The molecule has 0 aliphatic carbocycles. The molecule has 0 fully saturated rings. The Bertz CT molecular complexity index is 738. The second-order valence-electron chi connectivity index (χ2n) is 5.39. The zero-order valence-corrected chi connectivity index (χ0v) is 12.8. The van der Waals surface area contributed by atoms with Crippen LogP contribution in [-0.4, -0.2) is 30.9 Å². The van der Waals surface area contributed by atoms with Crippen LogP contribution in [0.3, 0.4) is 0 Å². The Morgan fingerprint density at radius 1 is 1.57 bits per heavy atom. The smallest absolute Gasteiger partial charge is 0.337 e. The van der Waals surface area contributed by atoms with Gasteiger partial charge in [-0.05, 0) is 19.9 Å². The van der Waals surface area contributed by atoms with Crippen LogP contribution in [0.2, 0.25) is 0 Å². The Labute approximate surface area is 132 Å². The average molecular weight is 316 g/mol. The lowest BCUT2D eigenvalue weighted by Crippen LogP contribution is -2.36. The summed E-state index contributed by atoms with van der Waals surface area (Å²) in [5.41, 5.74) is 1.95. The van der Waals surface area contributed by atoms with E-state index in [9.17, 15) is 14.8 Å². The summed E-state index contributed by atoms with van der Waals surface area (Å²) in [4.78, 5) is 28.9. The first-order valence-corrected chi connectivity index (χ1v) is 7.33. The lowest BCUT2D eigenvalue weighted by atomic mass is 9.76. The van der Waals surface area contributed by atoms with E-state index in [-0.39, 0.29) is 13.2 Å². The SMILES string of the molecule is CCOC(=O)C1C(C)=NC2=C(C(=O)OC2)C1c1ccc[n+]([O-])c1. The van der Waals surface area contributed by atoms with Gasteiger partial charge in [0.05, 0.1) is 17.9 Å². The van der Waals surface area contributed by atoms with Gasteiger partial charge in [-0.15, -0.1) is 0 Å². The lowest BCUT2D eigenvalue weighted by molar-refractivity contribution is -0.605. The first-order valence-electron chi connectivity index (χ1n) is 7.33. The molecular weight excluding hydrogens is 300 g/mol. The quantitative estimate of drug-likeness (QED) is 0.469. The van der Waals surface area contributed by atoms with Gasteiger partial charge in [-0.3, -0.25) is 9.79 Å². The van der Waals surface area contributed by atoms with Gasteiger partial charge in [0.1, 0.15) is 12.5 Å². The number of carbonyl (C=O) groups is 2. The average Bonchev–Trinajstić information content (AvgIpc) is 2.87. The van der Waals surface area contributed by atoms with Crippen LogP contribution in [0.25, 0.3) is 0 Å². The molecule has 0 saturated carbocycles. The minimum Gasteiger partial charge on any atom is -0.619 e. The number of hydrogen-bond acceptors (Lipinski definition) is 6. The first-order chi connectivity index (χ1) is 11.0. The van der Waals surface area contributed by atoms with Crippen LogP contribution in [0, 0.1) is 11.1 Å². The van der Waals surface area contributed by atoms with Crippen LogP contribution in [0.5, 0.6) is 0 Å². The van der Waals surface area contributed by atoms with Gasteiger partial charge in [-0.25, -0.2) is 4.79 Å². The molecule has 0 N–H and O–H groups in total. The highest BCUT2D eigenvalue weighted by Crippen LogP contribution is 2.41. The molecule has 2 atom stereocenters. The maximum Gasteiger partial charge on any atom is 0.337 e. The lowest BCUT2D eigenvalue weighted by Gasteiger charge is -2.28. The predicted octanol–water partition coefficient (Wildman–Crippen LogP) is 0.868. The molecule has 0 bridgehead atoms. The van der Waals surface area contributed by atoms with E-state index in [0.717, 1.165) is 0 Å². The molecule has 0 aromatic carbocycles. The summed E-state index contributed by atoms with van der Waals surface area (Å²) in [6.45, 7) is 3.74. The van der Waals surface area contributed by atoms with Gasteiger partial charge in [0.2, 0.25) is 0 Å². The second-order valence-corrected chi connectivity index (χ2v) is 5.39. The third-order valence-corrected chi connectivity index (χ3v) is 3.97. The van der Waals surface area contributed by atoms with Crippen molar-refractivity contribution in [2.45, 2.75) is 19.8 Å². The van der Waals surface area contributed by atoms with Crippen LogP contribution in [0.4, 0.5) is 0 Å². The van der Waals surface area contributed by atoms with Crippen molar-refractivity contribution in [3.8, 4) is 0 Å². The van der Waals surface area contributed by atoms with E-state index in [4.69, 9.17) is 9.47 Å². The molecule has 2 unspecified atom stereocenters. The third kappa shape index (κ3) is 2.58. The Hall–Kier alpha value is -2.70. The molecule has 0 saturated heterocycles. The Balaban J connectivity index is 2.13. The molecule has 2 aliphatic rings. The summed E-state index contributed by atoms with van der Waals surface area (Å²) in [7, 11) is 0. The van der Waals surface area contributed by atoms with Crippen LogP contribution in [0.15, 0.2) is 40.8 Å². The van der Waals surface area contributed by atoms with Gasteiger partial charge >= 0.3 is 11.9 Å². The summed E-state index contributed by atoms with van der Waals surface area (Å²) < 4.78 is 10.8. The number of pyridine rings is 1. The van der Waals surface area contributed by atoms with Crippen molar-refractivity contribution in [3.63, 3.8) is 0 Å². The molecule has 0 amide bonds. The van der Waals surface area contributed by atoms with E-state index in [1.165, 1.54) is 12.4 Å². The zero-order chi connectivity index (χ0) is 16.6. The van der Waals surface area contributed by atoms with Gasteiger partial charge in [0.15, 0.2) is 12.4 Å². The Kier molecular flexibility index (Phi) is 3.85. The minimum atomic E-state index is -0.748. The van der Waals surface area contributed by atoms with Crippen molar-refractivity contribution in [1.29, 1.82) is 0 Å². The van der Waals surface area contributed by atoms with Crippen LogP contribution < -0.4 is 4.73 Å². The van der Waals surface area contributed by atoms with E-state index < -0.39 is 23.8 Å². The normalized spacial score (nSPS) is 23.2. The number of ether oxygens (including phenoxy) is 2. The van der Waals surface area contributed by atoms with Gasteiger partial charge in [-0.2, -0.15) is 4.73 Å². The summed E-state index contributed by atoms with van der Waals surface area (Å²) in [6.07, 6.45) is 2.70. The van der Waals surface area contributed by atoms with Crippen molar-refractivity contribution in [2.75, 3.05) is 13.2 Å². The number of esters is 2. The van der Waals surface area contributed by atoms with Crippen LogP contribution in [0.1, 0.15) is 25.3 Å². The van der Waals surface area contributed by atoms with Gasteiger partial charge in [0.25, 0.3) is 0 Å². The summed E-state index contributed by atoms with van der Waals surface area (Å²) in [5.74, 6) is -2.34. The molecule has 7 nitrogen and oxygen atoms in total. The number of cyclic esters (lactones) is 1. The maximum atomic E-state index is 12.4. The van der Waals surface area contributed by atoms with Gasteiger partial charge in [0, 0.05) is 23.3 Å². The van der Waals surface area contributed by atoms with Crippen molar-refractivity contribution in [1.82, 2.24) is 0 Å². The topological polar surface area (TPSA) is 91.9 Å². The minimum absolute atomic E-state index is 0.0851. The largest absolute Gasteiger partial charge is 0.619 e. The maximum absolute atomic E-state index is 12.4. The fourth-order valence-corrected chi connectivity index (χ4v) is 3.05. The van der Waals surface area contributed by atoms with Gasteiger partial charge in [-0.1, -0.05) is 0 Å². The molecule has 2 aliphatic heterocycles. The highest BCUT2D eigenvalue weighted by atomic mass is 16.5. The van der Waals surface area contributed by atoms with Crippen molar-refractivity contribution in [2.24, 2.45) is 10.9 Å². The van der Waals surface area contributed by atoms with Crippen LogP contribution >= 0.6 is 0 Å². The fraction of sp³-hybridized carbons (Fsp3) is 0.375. The number of carbonyl (C=O) groups excluding carboxylic acids is 2. The number of hydrogen-bond donors (Lipinski definition) is 0. The molecule has 3 rings (SSSR count). The second kappa shape index (κ2) is 5.83. The number of rotatable bonds is 3. The molecule has 23 heavy (non-hydrogen) atoms. The molecule has 120 valence electrons. The highest BCUT2D eigenvalue weighted by molar-refractivity contribution is 6.07. The van der Waals surface area contributed by atoms with E-state index >= 15 is 0 Å². The predicted molar refractivity (Wildman–Crippen MR) is 79.4 cm³/mol. The molecule has 1 aromatic heterocycles. The Morgan fingerprint density at radius 2 is 2.35 bits per heavy atom. The van der Waals surface area contributed by atoms with E-state index in [1.807, 2.05) is 0 Å². The highest BCUT2D eigenvalue weighted by Gasteiger charge is 2.46. The summed E-state index contributed by atoms with van der Waals surface area (Å²) >= 11 is 0. The fourth-order valence-electron chi connectivity index (χ4n) is 3.05. The number of aromatic nitrogens is 1. The molecule has 1 aromatic rings. The monoisotopic (exact) mass is 316 g/mol. The molecular formula is C16H16N2O5. The van der Waals surface area contributed by atoms with Crippen molar-refractivity contribution < 1.29 is 23.8 Å². The molecule has 7 heteroatoms. The van der Waals surface area contributed by atoms with Crippen molar-refractivity contribution >= 4 is 17.7 Å². The van der Waals surface area contributed by atoms with E-state index in [2.05, 4.69) is 4.99 Å². The van der Waals surface area contributed by atoms with Crippen molar-refractivity contribution in [3.05, 3.63) is 46.6 Å². The van der Waals surface area contributed by atoms with E-state index in [0.29, 0.717) is 27.3 Å². The molecule has 0 spiro atoms. The van der Waals surface area contributed by atoms with Crippen LogP contribution in [-0.2, 0) is 19.1 Å². The van der Waals surface area contributed by atoms with Gasteiger partial charge < -0.3 is 14.7 Å². The summed E-state index contributed by atoms with van der Waals surface area (Å²) in [5, 5.41) is 11.6. The standard InChI is InChI=1S/C16H16N2O5/c1-3-22-15(19)12-9(2)17-11-8-23-16(20)14(11)13(12)10-5-4-6-18(21)7-10/h4-7,12-13H,3,8H2,1-2H3. The summed E-state index contributed by atoms with van der Waals surface area (Å²) in [6, 6.07) is 3.28. The molecule has 0 radical (unpaired) electrons. The molecule has 3 heterocycles. The Morgan fingerprint density at radius 3 is 3.04 bits per heavy atom. The zero-order valence-electron chi connectivity index (χ0n) is 12.8. The first kappa shape index (κ1) is 15.2. The third-order valence-electron chi connectivity index (χ3n) is 3.97. The number of nitrogens with zero attached hydrogens (tertiary/aromatic N) is 2. The number of aliphatic imine (C=N–C) groups is 1.